The van der Waals surface area contributed by atoms with E-state index in [1.165, 1.54) is 0 Å². The molecule has 0 fully saturated rings. The van der Waals surface area contributed by atoms with Gasteiger partial charge in [-0.05, 0) is 0 Å². The molecule has 0 rings (SSSR count). The lowest BCUT2D eigenvalue weighted by molar-refractivity contribution is -0.366. The van der Waals surface area contributed by atoms with Gasteiger partial charge in [-0.15, -0.1) is 0 Å². The normalized spacial score (nSPS) is 15.2. The molecular formula is C4HF9. The van der Waals surface area contributed by atoms with Crippen molar-refractivity contribution in [2.45, 2.75) is 18.5 Å². The van der Waals surface area contributed by atoms with Crippen molar-refractivity contribution in [1.82, 2.24) is 0 Å². The zero-order valence-corrected chi connectivity index (χ0v) is 5.48. The summed E-state index contributed by atoms with van der Waals surface area (Å²) in [5.41, 5.74) is 0. The highest BCUT2D eigenvalue weighted by atomic mass is 19.4. The Morgan fingerprint density at radius 2 is 0.615 bits per heavy atom. The number of rotatable bonds is 0. The maximum atomic E-state index is 11.3. The van der Waals surface area contributed by atoms with Gasteiger partial charge in [0.2, 0.25) is 5.92 Å². The van der Waals surface area contributed by atoms with Crippen LogP contribution in [0.3, 0.4) is 0 Å². The van der Waals surface area contributed by atoms with Crippen molar-refractivity contribution in [2.75, 3.05) is 0 Å². The summed E-state index contributed by atoms with van der Waals surface area (Å²) in [6.07, 6.45) is -19.1. The van der Waals surface area contributed by atoms with Crippen LogP contribution in [0.2, 0.25) is 0 Å². The van der Waals surface area contributed by atoms with E-state index in [2.05, 4.69) is 0 Å². The van der Waals surface area contributed by atoms with E-state index >= 15 is 0 Å². The Morgan fingerprint density at radius 1 is 0.462 bits per heavy atom. The van der Waals surface area contributed by atoms with Gasteiger partial charge in [-0.25, -0.2) is 0 Å². The maximum absolute atomic E-state index is 11.3. The molecule has 0 saturated carbocycles. The highest BCUT2D eigenvalue weighted by Gasteiger charge is 2.69. The SMILES string of the molecule is FC(F)(F)C(C(F)(F)F)C(F)(F)F. The molecule has 0 aromatic heterocycles. The molecule has 0 unspecified atom stereocenters. The number of alkyl halides is 9. The summed E-state index contributed by atoms with van der Waals surface area (Å²) in [6.45, 7) is 0. The molecular weight excluding hydrogens is 219 g/mol. The third-order valence-electron chi connectivity index (χ3n) is 0.982. The molecule has 0 amide bonds. The summed E-state index contributed by atoms with van der Waals surface area (Å²) in [4.78, 5) is 0. The van der Waals surface area contributed by atoms with Crippen LogP contribution in [0.1, 0.15) is 0 Å². The van der Waals surface area contributed by atoms with Crippen LogP contribution < -0.4 is 0 Å². The summed E-state index contributed by atoms with van der Waals surface area (Å²) in [5, 5.41) is 0. The van der Waals surface area contributed by atoms with Gasteiger partial charge >= 0.3 is 18.5 Å². The maximum Gasteiger partial charge on any atom is 0.409 e. The van der Waals surface area contributed by atoms with Gasteiger partial charge < -0.3 is 0 Å². The highest BCUT2D eigenvalue weighted by molar-refractivity contribution is 4.81. The molecule has 0 radical (unpaired) electrons. The molecule has 0 saturated heterocycles. The van der Waals surface area contributed by atoms with Crippen LogP contribution in [-0.4, -0.2) is 18.5 Å². The Bertz CT molecular complexity index is 134. The molecule has 0 heterocycles. The molecule has 0 aliphatic heterocycles. The fourth-order valence-corrected chi connectivity index (χ4v) is 0.557. The van der Waals surface area contributed by atoms with E-state index in [1.807, 2.05) is 0 Å². The first-order chi connectivity index (χ1) is 5.37. The third-order valence-corrected chi connectivity index (χ3v) is 0.982. The summed E-state index contributed by atoms with van der Waals surface area (Å²) in [5.74, 6) is -5.27. The Kier molecular flexibility index (Phi) is 2.80. The van der Waals surface area contributed by atoms with Gasteiger partial charge in [0, 0.05) is 0 Å². The fraction of sp³-hybridized carbons (Fsp3) is 1.00. The van der Waals surface area contributed by atoms with Gasteiger partial charge in [0.05, 0.1) is 0 Å². The van der Waals surface area contributed by atoms with Crippen LogP contribution in [0.25, 0.3) is 0 Å². The smallest absolute Gasteiger partial charge is 0.170 e. The van der Waals surface area contributed by atoms with Gasteiger partial charge in [0.25, 0.3) is 0 Å². The average Bonchev–Trinajstić information content (AvgIpc) is 1.44. The minimum Gasteiger partial charge on any atom is -0.170 e. The standard InChI is InChI=1S/C4HF9/c5-2(6,7)1(3(8,9)10)4(11,12)13/h1H. The molecule has 0 atom stereocenters. The van der Waals surface area contributed by atoms with Crippen molar-refractivity contribution in [3.63, 3.8) is 0 Å². The second kappa shape index (κ2) is 2.95. The van der Waals surface area contributed by atoms with Crippen molar-refractivity contribution in [1.29, 1.82) is 0 Å². The van der Waals surface area contributed by atoms with E-state index in [0.717, 1.165) is 0 Å². The lowest BCUT2D eigenvalue weighted by Crippen LogP contribution is -2.46. The van der Waals surface area contributed by atoms with E-state index < -0.39 is 24.4 Å². The van der Waals surface area contributed by atoms with Crippen LogP contribution >= 0.6 is 0 Å². The van der Waals surface area contributed by atoms with E-state index in [4.69, 9.17) is 0 Å². The summed E-state index contributed by atoms with van der Waals surface area (Å²) in [7, 11) is 0. The van der Waals surface area contributed by atoms with Crippen molar-refractivity contribution in [3.05, 3.63) is 0 Å². The van der Waals surface area contributed by atoms with Crippen LogP contribution in [0.4, 0.5) is 39.5 Å². The number of hydrogen-bond acceptors (Lipinski definition) is 0. The Balaban J connectivity index is 5.02. The Hall–Kier alpha value is -0.630. The quantitative estimate of drug-likeness (QED) is 0.549. The minimum absolute atomic E-state index is 5.27. The summed E-state index contributed by atoms with van der Waals surface area (Å²) < 4.78 is 101. The summed E-state index contributed by atoms with van der Waals surface area (Å²) in [6, 6.07) is 0. The van der Waals surface area contributed by atoms with E-state index in [-0.39, 0.29) is 0 Å². The zero-order valence-electron chi connectivity index (χ0n) is 5.48. The first kappa shape index (κ1) is 12.4. The van der Waals surface area contributed by atoms with Crippen molar-refractivity contribution < 1.29 is 39.5 Å². The molecule has 0 aliphatic carbocycles. The van der Waals surface area contributed by atoms with Crippen molar-refractivity contribution >= 4 is 0 Å². The van der Waals surface area contributed by atoms with Crippen LogP contribution in [0, 0.1) is 5.92 Å². The monoisotopic (exact) mass is 220 g/mol. The fourth-order valence-electron chi connectivity index (χ4n) is 0.557. The number of halogens is 9. The molecule has 0 N–H and O–H groups in total. The van der Waals surface area contributed by atoms with Crippen LogP contribution in [0.5, 0.6) is 0 Å². The van der Waals surface area contributed by atoms with E-state index in [1.54, 1.807) is 0 Å². The topological polar surface area (TPSA) is 0 Å². The Labute approximate surface area is 65.3 Å². The highest BCUT2D eigenvalue weighted by Crippen LogP contribution is 2.48. The Morgan fingerprint density at radius 3 is 0.615 bits per heavy atom. The molecule has 80 valence electrons. The summed E-state index contributed by atoms with van der Waals surface area (Å²) >= 11 is 0. The van der Waals surface area contributed by atoms with Crippen LogP contribution in [0.15, 0.2) is 0 Å². The molecule has 0 aromatic rings. The molecule has 9 heteroatoms. The van der Waals surface area contributed by atoms with Gasteiger partial charge in [0.1, 0.15) is 0 Å². The van der Waals surface area contributed by atoms with Gasteiger partial charge in [-0.2, -0.15) is 39.5 Å². The first-order valence-corrected chi connectivity index (χ1v) is 2.57. The average molecular weight is 220 g/mol. The van der Waals surface area contributed by atoms with E-state index in [9.17, 15) is 39.5 Å². The van der Waals surface area contributed by atoms with Gasteiger partial charge in [0.15, 0.2) is 0 Å². The third kappa shape index (κ3) is 3.31. The molecule has 13 heavy (non-hydrogen) atoms. The first-order valence-electron chi connectivity index (χ1n) is 2.57. The van der Waals surface area contributed by atoms with Gasteiger partial charge in [-0.3, -0.25) is 0 Å². The minimum atomic E-state index is -6.36. The second-order valence-electron chi connectivity index (χ2n) is 2.06. The van der Waals surface area contributed by atoms with Crippen molar-refractivity contribution in [3.8, 4) is 0 Å². The largest absolute Gasteiger partial charge is 0.409 e. The van der Waals surface area contributed by atoms with Crippen molar-refractivity contribution in [2.24, 2.45) is 5.92 Å². The lowest BCUT2D eigenvalue weighted by atomic mass is 10.1. The molecule has 0 spiro atoms. The zero-order chi connectivity index (χ0) is 11.1. The lowest BCUT2D eigenvalue weighted by Gasteiger charge is -2.24. The molecule has 0 aromatic carbocycles. The molecule has 0 aliphatic rings. The number of hydrogen-bond donors (Lipinski definition) is 0. The molecule has 0 nitrogen and oxygen atoms in total. The molecule has 0 bridgehead atoms. The van der Waals surface area contributed by atoms with E-state index in [0.29, 0.717) is 0 Å². The predicted molar refractivity (Wildman–Crippen MR) is 21.7 cm³/mol. The van der Waals surface area contributed by atoms with Gasteiger partial charge in [-0.1, -0.05) is 0 Å². The predicted octanol–water partition coefficient (Wildman–Crippen LogP) is 3.29. The second-order valence-corrected chi connectivity index (χ2v) is 2.06. The van der Waals surface area contributed by atoms with Crippen LogP contribution in [-0.2, 0) is 0 Å².